The molecular formula is C12H17FN2O2. The number of anilines is 1. The van der Waals surface area contributed by atoms with E-state index < -0.39 is 12.0 Å². The van der Waals surface area contributed by atoms with Gasteiger partial charge < -0.3 is 15.4 Å². The van der Waals surface area contributed by atoms with E-state index in [1.165, 1.54) is 6.07 Å². The molecule has 0 saturated carbocycles. The highest BCUT2D eigenvalue weighted by Crippen LogP contribution is 2.16. The zero-order valence-electron chi connectivity index (χ0n) is 10.0. The third-order valence-corrected chi connectivity index (χ3v) is 2.32. The number of hydrogen-bond acceptors (Lipinski definition) is 4. The van der Waals surface area contributed by atoms with Crippen LogP contribution in [-0.2, 0) is 9.53 Å². The van der Waals surface area contributed by atoms with Gasteiger partial charge in [0, 0.05) is 13.6 Å². The van der Waals surface area contributed by atoms with Gasteiger partial charge in [-0.2, -0.15) is 0 Å². The van der Waals surface area contributed by atoms with Crippen molar-refractivity contribution < 1.29 is 13.9 Å². The highest BCUT2D eigenvalue weighted by Gasteiger charge is 2.18. The molecule has 1 aromatic rings. The molecule has 5 heteroatoms. The van der Waals surface area contributed by atoms with Gasteiger partial charge in [0.1, 0.15) is 11.9 Å². The largest absolute Gasteiger partial charge is 0.465 e. The average Bonchev–Trinajstić information content (AvgIpc) is 2.29. The van der Waals surface area contributed by atoms with Crippen molar-refractivity contribution in [3.63, 3.8) is 0 Å². The third-order valence-electron chi connectivity index (χ3n) is 2.32. The van der Waals surface area contributed by atoms with Crippen molar-refractivity contribution >= 4 is 11.7 Å². The van der Waals surface area contributed by atoms with Crippen molar-refractivity contribution in [3.05, 3.63) is 30.1 Å². The molecule has 2 N–H and O–H groups in total. The molecule has 0 amide bonds. The lowest BCUT2D eigenvalue weighted by Crippen LogP contribution is -2.42. The molecule has 0 radical (unpaired) electrons. The summed E-state index contributed by atoms with van der Waals surface area (Å²) in [6.45, 7) is 2.21. The molecule has 1 atom stereocenters. The standard InChI is InChI=1S/C12H17FN2O2/c1-3-17-12(16)10(14)8-15(2)11-7-5-4-6-9(11)13/h4-7,10H,3,8,14H2,1-2H3. The Bertz CT molecular complexity index is 385. The maximum absolute atomic E-state index is 13.4. The Morgan fingerprint density at radius 1 is 1.53 bits per heavy atom. The van der Waals surface area contributed by atoms with Gasteiger partial charge in [-0.25, -0.2) is 4.39 Å². The second kappa shape index (κ2) is 6.20. The summed E-state index contributed by atoms with van der Waals surface area (Å²) < 4.78 is 18.2. The fraction of sp³-hybridized carbons (Fsp3) is 0.417. The second-order valence-corrected chi connectivity index (χ2v) is 3.69. The van der Waals surface area contributed by atoms with E-state index in [0.29, 0.717) is 5.69 Å². The van der Waals surface area contributed by atoms with Gasteiger partial charge in [0.2, 0.25) is 0 Å². The van der Waals surface area contributed by atoms with Crippen LogP contribution in [0.2, 0.25) is 0 Å². The van der Waals surface area contributed by atoms with Crippen LogP contribution < -0.4 is 10.6 Å². The molecule has 0 aromatic heterocycles. The number of nitrogens with zero attached hydrogens (tertiary/aromatic N) is 1. The summed E-state index contributed by atoms with van der Waals surface area (Å²) in [7, 11) is 1.68. The topological polar surface area (TPSA) is 55.6 Å². The number of likely N-dealkylation sites (N-methyl/N-ethyl adjacent to an activating group) is 1. The van der Waals surface area contributed by atoms with Gasteiger partial charge >= 0.3 is 5.97 Å². The van der Waals surface area contributed by atoms with Gasteiger partial charge in [-0.05, 0) is 19.1 Å². The number of rotatable bonds is 5. The molecule has 0 spiro atoms. The quantitative estimate of drug-likeness (QED) is 0.784. The molecule has 0 aliphatic rings. The summed E-state index contributed by atoms with van der Waals surface area (Å²) in [6.07, 6.45) is 0. The van der Waals surface area contributed by atoms with E-state index in [-0.39, 0.29) is 19.0 Å². The van der Waals surface area contributed by atoms with Crippen LogP contribution in [-0.4, -0.2) is 32.2 Å². The van der Waals surface area contributed by atoms with Crippen LogP contribution in [0, 0.1) is 5.82 Å². The third kappa shape index (κ3) is 3.71. The van der Waals surface area contributed by atoms with Gasteiger partial charge in [0.05, 0.1) is 12.3 Å². The summed E-state index contributed by atoms with van der Waals surface area (Å²) in [5.74, 6) is -0.818. The molecule has 1 unspecified atom stereocenters. The zero-order valence-corrected chi connectivity index (χ0v) is 10.0. The highest BCUT2D eigenvalue weighted by atomic mass is 19.1. The Morgan fingerprint density at radius 3 is 2.76 bits per heavy atom. The minimum atomic E-state index is -0.778. The number of ether oxygens (including phenoxy) is 1. The van der Waals surface area contributed by atoms with Crippen molar-refractivity contribution in [2.24, 2.45) is 5.73 Å². The van der Waals surface area contributed by atoms with E-state index in [1.54, 1.807) is 37.1 Å². The van der Waals surface area contributed by atoms with Crippen LogP contribution in [0.15, 0.2) is 24.3 Å². The van der Waals surface area contributed by atoms with E-state index in [0.717, 1.165) is 0 Å². The molecule has 0 bridgehead atoms. The van der Waals surface area contributed by atoms with E-state index in [4.69, 9.17) is 10.5 Å². The van der Waals surface area contributed by atoms with Crippen LogP contribution in [0.3, 0.4) is 0 Å². The Kier molecular flexibility index (Phi) is 4.90. The van der Waals surface area contributed by atoms with Crippen LogP contribution in [0.5, 0.6) is 0 Å². The van der Waals surface area contributed by atoms with Crippen molar-refractivity contribution in [1.29, 1.82) is 0 Å². The lowest BCUT2D eigenvalue weighted by atomic mass is 10.2. The number of benzene rings is 1. The maximum Gasteiger partial charge on any atom is 0.324 e. The van der Waals surface area contributed by atoms with Gasteiger partial charge in [-0.15, -0.1) is 0 Å². The second-order valence-electron chi connectivity index (χ2n) is 3.69. The lowest BCUT2D eigenvalue weighted by Gasteiger charge is -2.22. The Balaban J connectivity index is 2.63. The number of carbonyl (C=O) groups is 1. The van der Waals surface area contributed by atoms with Gasteiger partial charge in [0.15, 0.2) is 0 Å². The molecule has 0 aliphatic carbocycles. The monoisotopic (exact) mass is 240 g/mol. The first-order valence-electron chi connectivity index (χ1n) is 5.44. The van der Waals surface area contributed by atoms with Crippen molar-refractivity contribution in [3.8, 4) is 0 Å². The fourth-order valence-corrected chi connectivity index (χ4v) is 1.48. The summed E-state index contributed by atoms with van der Waals surface area (Å²) in [5.41, 5.74) is 6.06. The zero-order chi connectivity index (χ0) is 12.8. The SMILES string of the molecule is CCOC(=O)C(N)CN(C)c1ccccc1F. The van der Waals surface area contributed by atoms with Crippen LogP contribution in [0.25, 0.3) is 0 Å². The van der Waals surface area contributed by atoms with Crippen molar-refractivity contribution in [1.82, 2.24) is 0 Å². The molecule has 4 nitrogen and oxygen atoms in total. The molecule has 94 valence electrons. The number of carbonyl (C=O) groups excluding carboxylic acids is 1. The molecule has 0 heterocycles. The minimum absolute atomic E-state index is 0.208. The summed E-state index contributed by atoms with van der Waals surface area (Å²) >= 11 is 0. The van der Waals surface area contributed by atoms with E-state index in [9.17, 15) is 9.18 Å². The van der Waals surface area contributed by atoms with Gasteiger partial charge in [-0.1, -0.05) is 12.1 Å². The molecule has 0 saturated heterocycles. The van der Waals surface area contributed by atoms with Crippen molar-refractivity contribution in [2.45, 2.75) is 13.0 Å². The van der Waals surface area contributed by atoms with Crippen LogP contribution in [0.1, 0.15) is 6.92 Å². The minimum Gasteiger partial charge on any atom is -0.465 e. The number of para-hydroxylation sites is 1. The number of hydrogen-bond donors (Lipinski definition) is 1. The van der Waals surface area contributed by atoms with E-state index >= 15 is 0 Å². The molecule has 0 aliphatic heterocycles. The molecule has 0 fully saturated rings. The number of halogens is 1. The van der Waals surface area contributed by atoms with Crippen LogP contribution >= 0.6 is 0 Å². The predicted molar refractivity (Wildman–Crippen MR) is 64.3 cm³/mol. The maximum atomic E-state index is 13.4. The normalized spacial score (nSPS) is 12.0. The molecule has 1 rings (SSSR count). The molecule has 17 heavy (non-hydrogen) atoms. The average molecular weight is 240 g/mol. The Morgan fingerprint density at radius 2 is 2.18 bits per heavy atom. The number of esters is 1. The van der Waals surface area contributed by atoms with Crippen LogP contribution in [0.4, 0.5) is 10.1 Å². The smallest absolute Gasteiger partial charge is 0.324 e. The first kappa shape index (κ1) is 13.4. The predicted octanol–water partition coefficient (Wildman–Crippen LogP) is 1.15. The van der Waals surface area contributed by atoms with Gasteiger partial charge in [-0.3, -0.25) is 4.79 Å². The first-order valence-corrected chi connectivity index (χ1v) is 5.44. The van der Waals surface area contributed by atoms with Crippen molar-refractivity contribution in [2.75, 3.05) is 25.1 Å². The molecular weight excluding hydrogens is 223 g/mol. The lowest BCUT2D eigenvalue weighted by molar-refractivity contribution is -0.144. The summed E-state index contributed by atoms with van der Waals surface area (Å²) in [4.78, 5) is 12.9. The Labute approximate surface area is 100 Å². The molecule has 1 aromatic carbocycles. The fourth-order valence-electron chi connectivity index (χ4n) is 1.48. The van der Waals surface area contributed by atoms with E-state index in [2.05, 4.69) is 0 Å². The van der Waals surface area contributed by atoms with Gasteiger partial charge in [0.25, 0.3) is 0 Å². The Hall–Kier alpha value is -1.62. The first-order chi connectivity index (χ1) is 8.06. The summed E-state index contributed by atoms with van der Waals surface area (Å²) in [6, 6.07) is 5.55. The van der Waals surface area contributed by atoms with E-state index in [1.807, 2.05) is 0 Å². The number of nitrogens with two attached hydrogens (primary N) is 1. The highest BCUT2D eigenvalue weighted by molar-refractivity contribution is 5.76. The summed E-state index contributed by atoms with van der Waals surface area (Å²) in [5, 5.41) is 0.